The number of aromatic nitrogens is 4. The lowest BCUT2D eigenvalue weighted by atomic mass is 10.1. The Morgan fingerprint density at radius 1 is 1.11 bits per heavy atom. The van der Waals surface area contributed by atoms with Gasteiger partial charge in [-0.2, -0.15) is 13.2 Å². The summed E-state index contributed by atoms with van der Waals surface area (Å²) in [7, 11) is 0. The summed E-state index contributed by atoms with van der Waals surface area (Å²) in [5.41, 5.74) is -0.0681. The van der Waals surface area contributed by atoms with Crippen molar-refractivity contribution in [2.75, 3.05) is 0 Å². The number of oxazole rings is 1. The molecule has 0 N–H and O–H groups in total. The van der Waals surface area contributed by atoms with E-state index in [0.717, 1.165) is 12.1 Å². The smallest absolute Gasteiger partial charge is 0.416 e. The van der Waals surface area contributed by atoms with Gasteiger partial charge in [0.2, 0.25) is 5.89 Å². The third-order valence-corrected chi connectivity index (χ3v) is 5.13. The van der Waals surface area contributed by atoms with E-state index in [9.17, 15) is 22.4 Å². The van der Waals surface area contributed by atoms with Gasteiger partial charge in [0.15, 0.2) is 5.78 Å². The summed E-state index contributed by atoms with van der Waals surface area (Å²) >= 11 is 0. The first-order chi connectivity index (χ1) is 17.3. The molecule has 4 rings (SSSR count). The van der Waals surface area contributed by atoms with Crippen molar-refractivity contribution in [2.24, 2.45) is 0 Å². The van der Waals surface area contributed by atoms with Gasteiger partial charge in [-0.15, -0.1) is 5.10 Å². The van der Waals surface area contributed by atoms with Gasteiger partial charge in [0.25, 0.3) is 0 Å². The number of carbonyl (C=O) groups is 1. The summed E-state index contributed by atoms with van der Waals surface area (Å²) in [5.74, 6) is -0.326. The first kappa shape index (κ1) is 24.8. The maximum atomic E-state index is 13.9. The van der Waals surface area contributed by atoms with Crippen molar-refractivity contribution < 1.29 is 31.5 Å². The van der Waals surface area contributed by atoms with Gasteiger partial charge in [-0.05, 0) is 48.9 Å². The number of ketones is 1. The highest BCUT2D eigenvalue weighted by Crippen LogP contribution is 2.30. The van der Waals surface area contributed by atoms with Crippen LogP contribution in [0.15, 0.2) is 65.5 Å². The fourth-order valence-corrected chi connectivity index (χ4v) is 3.26. The van der Waals surface area contributed by atoms with Crippen LogP contribution in [0.3, 0.4) is 0 Å². The molecule has 7 nitrogen and oxygen atoms in total. The van der Waals surface area contributed by atoms with Crippen LogP contribution in [0, 0.1) is 5.82 Å². The van der Waals surface area contributed by atoms with Crippen molar-refractivity contribution >= 4 is 17.9 Å². The third-order valence-electron chi connectivity index (χ3n) is 5.13. The van der Waals surface area contributed by atoms with Gasteiger partial charge in [0.05, 0.1) is 11.8 Å². The molecule has 2 heterocycles. The highest BCUT2D eigenvalue weighted by molar-refractivity contribution is 5.96. The quantitative estimate of drug-likeness (QED) is 0.201. The molecule has 4 aromatic rings. The molecular weight excluding hydrogens is 480 g/mol. The monoisotopic (exact) mass is 500 g/mol. The van der Waals surface area contributed by atoms with E-state index in [1.54, 1.807) is 41.3 Å². The van der Waals surface area contributed by atoms with Crippen LogP contribution in [-0.2, 0) is 19.3 Å². The molecule has 2 aromatic carbocycles. The van der Waals surface area contributed by atoms with Gasteiger partial charge in [-0.1, -0.05) is 11.3 Å². The van der Waals surface area contributed by atoms with Crippen molar-refractivity contribution in [1.29, 1.82) is 0 Å². The van der Waals surface area contributed by atoms with E-state index < -0.39 is 17.6 Å². The van der Waals surface area contributed by atoms with Gasteiger partial charge in [-0.25, -0.2) is 9.37 Å². The number of benzene rings is 2. The first-order valence-electron chi connectivity index (χ1n) is 10.9. The average molecular weight is 500 g/mol. The summed E-state index contributed by atoms with van der Waals surface area (Å²) in [6.45, 7) is 0.693. The predicted molar refractivity (Wildman–Crippen MR) is 121 cm³/mol. The van der Waals surface area contributed by atoms with Gasteiger partial charge >= 0.3 is 6.18 Å². The van der Waals surface area contributed by atoms with E-state index in [1.165, 1.54) is 18.4 Å². The minimum absolute atomic E-state index is 0.0130. The molecule has 0 saturated carbocycles. The van der Waals surface area contributed by atoms with Gasteiger partial charge in [0.1, 0.15) is 30.1 Å². The molecule has 0 atom stereocenters. The summed E-state index contributed by atoms with van der Waals surface area (Å²) < 4.78 is 64.5. The van der Waals surface area contributed by atoms with E-state index in [2.05, 4.69) is 15.3 Å². The van der Waals surface area contributed by atoms with Crippen LogP contribution in [0.4, 0.5) is 17.6 Å². The second-order valence-electron chi connectivity index (χ2n) is 7.75. The lowest BCUT2D eigenvalue weighted by Crippen LogP contribution is -2.05. The minimum atomic E-state index is -4.62. The Morgan fingerprint density at radius 3 is 2.61 bits per heavy atom. The number of nitrogens with zero attached hydrogens (tertiary/aromatic N) is 4. The Bertz CT molecular complexity index is 1330. The number of alkyl halides is 3. The molecule has 0 bridgehead atoms. The van der Waals surface area contributed by atoms with Crippen LogP contribution in [-0.4, -0.2) is 25.8 Å². The number of ether oxygens (including phenoxy) is 1. The molecule has 0 radical (unpaired) electrons. The standard InChI is InChI=1S/C25H20F4N4O3/c26-22-14-19(25(27,28)29)7-3-17(22)6-10-24-31-20(16-36-24)15-35-21-8-4-18(5-9-21)23(34)2-1-12-33-13-11-30-32-33/h3-11,13-14,16H,1-2,12,15H2/b10-6+. The van der Waals surface area contributed by atoms with Gasteiger partial charge in [-0.3, -0.25) is 9.48 Å². The highest BCUT2D eigenvalue weighted by Gasteiger charge is 2.31. The maximum Gasteiger partial charge on any atom is 0.416 e. The molecule has 0 aliphatic rings. The molecule has 0 aliphatic heterocycles. The first-order valence-corrected chi connectivity index (χ1v) is 10.9. The zero-order valence-corrected chi connectivity index (χ0v) is 18.8. The summed E-state index contributed by atoms with van der Waals surface area (Å²) in [6, 6.07) is 9.00. The van der Waals surface area contributed by atoms with Crippen molar-refractivity contribution in [2.45, 2.75) is 32.2 Å². The van der Waals surface area contributed by atoms with Crippen LogP contribution >= 0.6 is 0 Å². The largest absolute Gasteiger partial charge is 0.487 e. The molecule has 186 valence electrons. The van der Waals surface area contributed by atoms with Crippen LogP contribution < -0.4 is 4.74 Å². The number of carbonyl (C=O) groups excluding carboxylic acids is 1. The second kappa shape index (κ2) is 11.0. The van der Waals surface area contributed by atoms with E-state index in [4.69, 9.17) is 9.15 Å². The zero-order chi connectivity index (χ0) is 25.5. The lowest BCUT2D eigenvalue weighted by Gasteiger charge is -2.07. The van der Waals surface area contributed by atoms with Gasteiger partial charge < -0.3 is 9.15 Å². The van der Waals surface area contributed by atoms with Gasteiger partial charge in [0, 0.05) is 36.4 Å². The molecule has 36 heavy (non-hydrogen) atoms. The van der Waals surface area contributed by atoms with E-state index in [-0.39, 0.29) is 23.8 Å². The predicted octanol–water partition coefficient (Wildman–Crippen LogP) is 5.84. The number of hydrogen-bond acceptors (Lipinski definition) is 6. The molecule has 11 heteroatoms. The molecule has 0 amide bonds. The molecule has 0 spiro atoms. The fraction of sp³-hybridized carbons (Fsp3) is 0.200. The SMILES string of the molecule is O=C(CCCn1ccnn1)c1ccc(OCc2coc(/C=C/c3ccc(C(F)(F)F)cc3F)n2)cc1. The van der Waals surface area contributed by atoms with Crippen LogP contribution in [0.5, 0.6) is 5.75 Å². The summed E-state index contributed by atoms with van der Waals surface area (Å²) in [6.07, 6.45) is 3.71. The zero-order valence-electron chi connectivity index (χ0n) is 18.8. The Balaban J connectivity index is 1.27. The number of hydrogen-bond donors (Lipinski definition) is 0. The van der Waals surface area contributed by atoms with Crippen LogP contribution in [0.25, 0.3) is 12.2 Å². The number of Topliss-reactive ketones (excluding diaryl/α,β-unsaturated/α-hetero) is 1. The van der Waals surface area contributed by atoms with E-state index in [0.29, 0.717) is 42.5 Å². The number of rotatable bonds is 10. The summed E-state index contributed by atoms with van der Waals surface area (Å²) in [5, 5.41) is 7.57. The Kier molecular flexibility index (Phi) is 7.57. The number of aryl methyl sites for hydroxylation is 1. The second-order valence-corrected chi connectivity index (χ2v) is 7.75. The van der Waals surface area contributed by atoms with Crippen LogP contribution in [0.1, 0.15) is 45.9 Å². The molecule has 2 aromatic heterocycles. The molecule has 0 saturated heterocycles. The Hall–Kier alpha value is -4.28. The fourth-order valence-electron chi connectivity index (χ4n) is 3.26. The minimum Gasteiger partial charge on any atom is -0.487 e. The van der Waals surface area contributed by atoms with Crippen molar-refractivity contribution in [3.63, 3.8) is 0 Å². The molecule has 0 aliphatic carbocycles. The number of halogens is 4. The molecular formula is C25H20F4N4O3. The Labute approximate surface area is 203 Å². The van der Waals surface area contributed by atoms with E-state index in [1.807, 2.05) is 0 Å². The highest BCUT2D eigenvalue weighted by atomic mass is 19.4. The van der Waals surface area contributed by atoms with E-state index >= 15 is 0 Å². The molecule has 0 fully saturated rings. The van der Waals surface area contributed by atoms with Crippen LogP contribution in [0.2, 0.25) is 0 Å². The molecule has 0 unspecified atom stereocenters. The van der Waals surface area contributed by atoms with Crippen molar-refractivity contribution in [3.8, 4) is 5.75 Å². The van der Waals surface area contributed by atoms with Crippen molar-refractivity contribution in [1.82, 2.24) is 20.0 Å². The third kappa shape index (κ3) is 6.65. The summed E-state index contributed by atoms with van der Waals surface area (Å²) in [4.78, 5) is 16.5. The average Bonchev–Trinajstić information content (AvgIpc) is 3.54. The Morgan fingerprint density at radius 2 is 1.92 bits per heavy atom. The normalized spacial score (nSPS) is 11.8. The maximum absolute atomic E-state index is 13.9. The topological polar surface area (TPSA) is 83.0 Å². The lowest BCUT2D eigenvalue weighted by molar-refractivity contribution is -0.137. The van der Waals surface area contributed by atoms with Crippen molar-refractivity contribution in [3.05, 3.63) is 95.2 Å².